The smallest absolute Gasteiger partial charge is 0.270 e. The third-order valence-electron chi connectivity index (χ3n) is 3.54. The lowest BCUT2D eigenvalue weighted by Crippen LogP contribution is -2.41. The van der Waals surface area contributed by atoms with Crippen molar-refractivity contribution in [2.75, 3.05) is 6.54 Å². The minimum absolute atomic E-state index is 0.0766. The van der Waals surface area contributed by atoms with Gasteiger partial charge in [0, 0.05) is 30.2 Å². The summed E-state index contributed by atoms with van der Waals surface area (Å²) in [6, 6.07) is 8.93. The summed E-state index contributed by atoms with van der Waals surface area (Å²) in [5.41, 5.74) is -0.0449. The molecule has 25 heavy (non-hydrogen) atoms. The van der Waals surface area contributed by atoms with Crippen LogP contribution in [-0.4, -0.2) is 29.3 Å². The molecule has 0 aliphatic heterocycles. The molecule has 1 unspecified atom stereocenters. The standard InChI is InChI=1S/C17H19N3O5/c1-12(7-8-15-6-3-9-25-15)19-16(21)11-18-17(22)13-4-2-5-14(10-13)20(23)24/h2-6,9-10,12H,7-8,11H2,1H3,(H,18,22)(H,19,21). The number of nitrogens with zero attached hydrogens (tertiary/aromatic N) is 1. The number of nitro benzene ring substituents is 1. The van der Waals surface area contributed by atoms with E-state index in [1.54, 1.807) is 6.26 Å². The third-order valence-corrected chi connectivity index (χ3v) is 3.54. The predicted octanol–water partition coefficient (Wildman–Crippen LogP) is 2.06. The van der Waals surface area contributed by atoms with Gasteiger partial charge in [-0.2, -0.15) is 0 Å². The number of carbonyl (C=O) groups excluding carboxylic acids is 2. The van der Waals surface area contributed by atoms with Crippen LogP contribution in [0.4, 0.5) is 5.69 Å². The molecule has 132 valence electrons. The monoisotopic (exact) mass is 345 g/mol. The van der Waals surface area contributed by atoms with Crippen molar-refractivity contribution in [1.29, 1.82) is 0 Å². The minimum atomic E-state index is -0.579. The van der Waals surface area contributed by atoms with Crippen molar-refractivity contribution in [3.8, 4) is 0 Å². The SMILES string of the molecule is CC(CCc1ccco1)NC(=O)CNC(=O)c1cccc([N+](=O)[O-])c1. The Kier molecular flexibility index (Phi) is 6.27. The molecule has 8 heteroatoms. The Morgan fingerprint density at radius 2 is 2.08 bits per heavy atom. The van der Waals surface area contributed by atoms with Gasteiger partial charge in [-0.3, -0.25) is 19.7 Å². The first-order valence-electron chi connectivity index (χ1n) is 7.80. The van der Waals surface area contributed by atoms with Gasteiger partial charge in [0.05, 0.1) is 17.7 Å². The van der Waals surface area contributed by atoms with Crippen LogP contribution in [-0.2, 0) is 11.2 Å². The summed E-state index contributed by atoms with van der Waals surface area (Å²) in [6.45, 7) is 1.66. The zero-order valence-electron chi connectivity index (χ0n) is 13.7. The third kappa shape index (κ3) is 5.76. The predicted molar refractivity (Wildman–Crippen MR) is 90.1 cm³/mol. The average molecular weight is 345 g/mol. The largest absolute Gasteiger partial charge is 0.469 e. The molecule has 2 rings (SSSR count). The second-order valence-electron chi connectivity index (χ2n) is 5.58. The molecular formula is C17H19N3O5. The van der Waals surface area contributed by atoms with Gasteiger partial charge in [-0.05, 0) is 31.5 Å². The van der Waals surface area contributed by atoms with Crippen LogP contribution in [0.1, 0.15) is 29.5 Å². The molecule has 2 N–H and O–H groups in total. The van der Waals surface area contributed by atoms with Gasteiger partial charge in [0.15, 0.2) is 0 Å². The molecule has 2 amide bonds. The number of furan rings is 1. The van der Waals surface area contributed by atoms with Gasteiger partial charge in [0.2, 0.25) is 5.91 Å². The summed E-state index contributed by atoms with van der Waals surface area (Å²) in [5.74, 6) is -0.0205. The number of hydrogen-bond acceptors (Lipinski definition) is 5. The Hall–Kier alpha value is -3.16. The molecule has 8 nitrogen and oxygen atoms in total. The molecule has 1 atom stereocenters. The number of amides is 2. The van der Waals surface area contributed by atoms with Crippen LogP contribution in [0.15, 0.2) is 47.1 Å². The van der Waals surface area contributed by atoms with Crippen molar-refractivity contribution in [1.82, 2.24) is 10.6 Å². The highest BCUT2D eigenvalue weighted by Crippen LogP contribution is 2.12. The first kappa shape index (κ1) is 18.2. The van der Waals surface area contributed by atoms with E-state index in [1.165, 1.54) is 24.3 Å². The number of non-ortho nitro benzene ring substituents is 1. The fraction of sp³-hybridized carbons (Fsp3) is 0.294. The number of rotatable bonds is 8. The fourth-order valence-corrected chi connectivity index (χ4v) is 2.23. The number of hydrogen-bond donors (Lipinski definition) is 2. The molecule has 0 bridgehead atoms. The molecule has 0 fully saturated rings. The maximum Gasteiger partial charge on any atom is 0.270 e. The van der Waals surface area contributed by atoms with Gasteiger partial charge in [-0.1, -0.05) is 6.07 Å². The molecule has 0 aliphatic rings. The topological polar surface area (TPSA) is 114 Å². The zero-order valence-corrected chi connectivity index (χ0v) is 13.7. The highest BCUT2D eigenvalue weighted by atomic mass is 16.6. The van der Waals surface area contributed by atoms with Gasteiger partial charge in [0.1, 0.15) is 5.76 Å². The van der Waals surface area contributed by atoms with E-state index >= 15 is 0 Å². The van der Waals surface area contributed by atoms with Gasteiger partial charge >= 0.3 is 0 Å². The number of aryl methyl sites for hydroxylation is 1. The van der Waals surface area contributed by atoms with Crippen LogP contribution in [0.3, 0.4) is 0 Å². The molecule has 1 aromatic carbocycles. The fourth-order valence-electron chi connectivity index (χ4n) is 2.23. The summed E-state index contributed by atoms with van der Waals surface area (Å²) < 4.78 is 5.23. The Labute approximate surface area is 144 Å². The number of nitro groups is 1. The quantitative estimate of drug-likeness (QED) is 0.561. The van der Waals surface area contributed by atoms with Crippen molar-refractivity contribution < 1.29 is 18.9 Å². The van der Waals surface area contributed by atoms with Crippen LogP contribution in [0.5, 0.6) is 0 Å². The molecule has 0 radical (unpaired) electrons. The van der Waals surface area contributed by atoms with E-state index in [2.05, 4.69) is 10.6 Å². The normalized spacial score (nSPS) is 11.6. The number of carbonyl (C=O) groups is 2. The maximum absolute atomic E-state index is 12.0. The number of nitrogens with one attached hydrogen (secondary N) is 2. The molecule has 0 saturated heterocycles. The lowest BCUT2D eigenvalue weighted by Gasteiger charge is -2.13. The van der Waals surface area contributed by atoms with Crippen LogP contribution < -0.4 is 10.6 Å². The highest BCUT2D eigenvalue weighted by molar-refractivity contribution is 5.96. The van der Waals surface area contributed by atoms with E-state index in [0.29, 0.717) is 12.8 Å². The molecule has 1 heterocycles. The molecule has 0 aliphatic carbocycles. The average Bonchev–Trinajstić information content (AvgIpc) is 3.11. The van der Waals surface area contributed by atoms with E-state index < -0.39 is 10.8 Å². The minimum Gasteiger partial charge on any atom is -0.469 e. The molecule has 0 spiro atoms. The lowest BCUT2D eigenvalue weighted by molar-refractivity contribution is -0.384. The summed E-state index contributed by atoms with van der Waals surface area (Å²) in [5, 5.41) is 15.9. The summed E-state index contributed by atoms with van der Waals surface area (Å²) in [4.78, 5) is 34.0. The van der Waals surface area contributed by atoms with Crippen LogP contribution in [0.25, 0.3) is 0 Å². The first-order valence-corrected chi connectivity index (χ1v) is 7.80. The summed E-state index contributed by atoms with van der Waals surface area (Å²) in [7, 11) is 0. The van der Waals surface area contributed by atoms with E-state index in [9.17, 15) is 19.7 Å². The van der Waals surface area contributed by atoms with Crippen LogP contribution >= 0.6 is 0 Å². The molecule has 1 aromatic heterocycles. The van der Waals surface area contributed by atoms with E-state index in [0.717, 1.165) is 5.76 Å². The van der Waals surface area contributed by atoms with Gasteiger partial charge < -0.3 is 15.1 Å². The van der Waals surface area contributed by atoms with Crippen molar-refractivity contribution in [2.24, 2.45) is 0 Å². The molecule has 0 saturated carbocycles. The molecule has 2 aromatic rings. The Bertz CT molecular complexity index is 743. The van der Waals surface area contributed by atoms with Crippen LogP contribution in [0, 0.1) is 10.1 Å². The van der Waals surface area contributed by atoms with Crippen molar-refractivity contribution in [3.63, 3.8) is 0 Å². The van der Waals surface area contributed by atoms with Crippen molar-refractivity contribution in [3.05, 3.63) is 64.1 Å². The lowest BCUT2D eigenvalue weighted by atomic mass is 10.1. The van der Waals surface area contributed by atoms with Gasteiger partial charge in [-0.15, -0.1) is 0 Å². The Balaban J connectivity index is 1.76. The highest BCUT2D eigenvalue weighted by Gasteiger charge is 2.13. The second-order valence-corrected chi connectivity index (χ2v) is 5.58. The Morgan fingerprint density at radius 3 is 2.76 bits per heavy atom. The first-order chi connectivity index (χ1) is 12.0. The van der Waals surface area contributed by atoms with E-state index in [1.807, 2.05) is 19.1 Å². The van der Waals surface area contributed by atoms with Gasteiger partial charge in [-0.25, -0.2) is 0 Å². The number of benzene rings is 1. The van der Waals surface area contributed by atoms with Crippen LogP contribution in [0.2, 0.25) is 0 Å². The van der Waals surface area contributed by atoms with Crippen molar-refractivity contribution >= 4 is 17.5 Å². The van der Waals surface area contributed by atoms with E-state index in [4.69, 9.17) is 4.42 Å². The molecular weight excluding hydrogens is 326 g/mol. The van der Waals surface area contributed by atoms with Crippen molar-refractivity contribution in [2.45, 2.75) is 25.8 Å². The Morgan fingerprint density at radius 1 is 1.28 bits per heavy atom. The second kappa shape index (κ2) is 8.62. The van der Waals surface area contributed by atoms with E-state index in [-0.39, 0.29) is 29.7 Å². The maximum atomic E-state index is 12.0. The zero-order chi connectivity index (χ0) is 18.2. The van der Waals surface area contributed by atoms with Gasteiger partial charge in [0.25, 0.3) is 11.6 Å². The summed E-state index contributed by atoms with van der Waals surface area (Å²) in [6.07, 6.45) is 3.01. The summed E-state index contributed by atoms with van der Waals surface area (Å²) >= 11 is 0.